The second-order valence-corrected chi connectivity index (χ2v) is 7.48. The quantitative estimate of drug-likeness (QED) is 0.812. The predicted octanol–water partition coefficient (Wildman–Crippen LogP) is 3.56. The van der Waals surface area contributed by atoms with Gasteiger partial charge in [-0.3, -0.25) is 9.59 Å². The minimum Gasteiger partial charge on any atom is -0.486 e. The summed E-state index contributed by atoms with van der Waals surface area (Å²) in [5.74, 6) is -0.785. The number of carbonyl (C=O) groups is 2. The lowest BCUT2D eigenvalue weighted by atomic mass is 9.89. The number of fused-ring (bicyclic) bond motifs is 1. The zero-order valence-electron chi connectivity index (χ0n) is 15.4. The fourth-order valence-corrected chi connectivity index (χ4v) is 3.95. The number of hydrogen-bond acceptors (Lipinski definition) is 3. The van der Waals surface area contributed by atoms with Gasteiger partial charge in [0.25, 0.3) is 5.91 Å². The molecule has 2 aromatic rings. The van der Waals surface area contributed by atoms with Gasteiger partial charge >= 0.3 is 0 Å². The Bertz CT molecular complexity index is 920. The Morgan fingerprint density at radius 3 is 2.71 bits per heavy atom. The maximum atomic E-state index is 13.9. The van der Waals surface area contributed by atoms with Crippen molar-refractivity contribution in [1.82, 2.24) is 4.90 Å². The smallest absolute Gasteiger partial charge is 0.253 e. The largest absolute Gasteiger partial charge is 0.486 e. The molecule has 2 heterocycles. The topological polar surface area (TPSA) is 46.6 Å². The van der Waals surface area contributed by atoms with E-state index in [2.05, 4.69) is 0 Å². The molecule has 2 aromatic carbocycles. The van der Waals surface area contributed by atoms with Gasteiger partial charge in [-0.05, 0) is 55.0 Å². The van der Waals surface area contributed by atoms with Crippen molar-refractivity contribution in [3.05, 3.63) is 64.7 Å². The molecule has 0 spiro atoms. The number of carbonyl (C=O) groups excluding carboxylic acids is 2. The first-order chi connectivity index (χ1) is 13.5. The standard InChI is InChI=1S/C22H21F2NO3/c23-19-3-1-2-15(21(19)24)10-14-6-8-25(9-7-14)22(27)16-4-5-20-17(11-16)12-18(26)13-28-20/h1-5,11,14H,6-10,12-13H2. The molecule has 0 aromatic heterocycles. The van der Waals surface area contributed by atoms with Crippen LogP contribution in [-0.2, 0) is 17.6 Å². The summed E-state index contributed by atoms with van der Waals surface area (Å²) in [7, 11) is 0. The summed E-state index contributed by atoms with van der Waals surface area (Å²) < 4.78 is 32.6. The molecule has 2 aliphatic heterocycles. The first-order valence-electron chi connectivity index (χ1n) is 9.51. The van der Waals surface area contributed by atoms with Crippen LogP contribution in [0, 0.1) is 17.6 Å². The monoisotopic (exact) mass is 385 g/mol. The third-order valence-electron chi connectivity index (χ3n) is 5.53. The predicted molar refractivity (Wildman–Crippen MR) is 99.3 cm³/mol. The number of nitrogens with zero attached hydrogens (tertiary/aromatic N) is 1. The van der Waals surface area contributed by atoms with Gasteiger partial charge in [-0.1, -0.05) is 12.1 Å². The number of benzene rings is 2. The van der Waals surface area contributed by atoms with Gasteiger partial charge in [0, 0.05) is 30.6 Å². The van der Waals surface area contributed by atoms with E-state index in [4.69, 9.17) is 4.74 Å². The first-order valence-corrected chi connectivity index (χ1v) is 9.51. The molecule has 0 unspecified atom stereocenters. The number of Topliss-reactive ketones (excluding diaryl/α,β-unsaturated/α-hetero) is 1. The second-order valence-electron chi connectivity index (χ2n) is 7.48. The average Bonchev–Trinajstić information content (AvgIpc) is 2.71. The van der Waals surface area contributed by atoms with Crippen molar-refractivity contribution < 1.29 is 23.1 Å². The summed E-state index contributed by atoms with van der Waals surface area (Å²) >= 11 is 0. The van der Waals surface area contributed by atoms with Gasteiger partial charge in [-0.15, -0.1) is 0 Å². The molecular weight excluding hydrogens is 364 g/mol. The molecular formula is C22H21F2NO3. The highest BCUT2D eigenvalue weighted by Crippen LogP contribution is 2.27. The first kappa shape index (κ1) is 18.6. The minimum atomic E-state index is -0.819. The summed E-state index contributed by atoms with van der Waals surface area (Å²) in [5.41, 5.74) is 1.69. The van der Waals surface area contributed by atoms with E-state index in [0.717, 1.165) is 24.5 Å². The van der Waals surface area contributed by atoms with Crippen LogP contribution in [0.4, 0.5) is 8.78 Å². The SMILES string of the molecule is O=C1COc2ccc(C(=O)N3CCC(Cc4cccc(F)c4F)CC3)cc2C1. The van der Waals surface area contributed by atoms with Crippen LogP contribution in [-0.4, -0.2) is 36.3 Å². The Morgan fingerprint density at radius 1 is 1.14 bits per heavy atom. The van der Waals surface area contributed by atoms with Crippen molar-refractivity contribution in [3.8, 4) is 5.75 Å². The third-order valence-corrected chi connectivity index (χ3v) is 5.53. The lowest BCUT2D eigenvalue weighted by Gasteiger charge is -2.32. The fourth-order valence-electron chi connectivity index (χ4n) is 3.95. The van der Waals surface area contributed by atoms with Gasteiger partial charge in [-0.2, -0.15) is 0 Å². The van der Waals surface area contributed by atoms with Gasteiger partial charge < -0.3 is 9.64 Å². The summed E-state index contributed by atoms with van der Waals surface area (Å²) in [6.45, 7) is 1.24. The van der Waals surface area contributed by atoms with E-state index in [1.54, 1.807) is 29.2 Å². The van der Waals surface area contributed by atoms with Gasteiger partial charge in [0.1, 0.15) is 12.4 Å². The molecule has 28 heavy (non-hydrogen) atoms. The van der Waals surface area contributed by atoms with Crippen LogP contribution in [0.1, 0.15) is 34.3 Å². The normalized spacial score (nSPS) is 17.2. The Morgan fingerprint density at radius 2 is 1.93 bits per heavy atom. The zero-order chi connectivity index (χ0) is 19.7. The van der Waals surface area contributed by atoms with E-state index in [1.165, 1.54) is 6.07 Å². The molecule has 1 saturated heterocycles. The highest BCUT2D eigenvalue weighted by molar-refractivity contribution is 5.95. The number of halogens is 2. The maximum Gasteiger partial charge on any atom is 0.253 e. The molecule has 1 fully saturated rings. The Hall–Kier alpha value is -2.76. The van der Waals surface area contributed by atoms with Crippen LogP contribution in [0.5, 0.6) is 5.75 Å². The Kier molecular flexibility index (Phi) is 5.11. The molecule has 6 heteroatoms. The number of likely N-dealkylation sites (tertiary alicyclic amines) is 1. The van der Waals surface area contributed by atoms with E-state index in [1.807, 2.05) is 0 Å². The molecule has 1 amide bonds. The minimum absolute atomic E-state index is 0.00231. The zero-order valence-corrected chi connectivity index (χ0v) is 15.4. The molecule has 0 N–H and O–H groups in total. The maximum absolute atomic E-state index is 13.9. The molecule has 0 bridgehead atoms. The lowest BCUT2D eigenvalue weighted by molar-refractivity contribution is -0.121. The fraction of sp³-hybridized carbons (Fsp3) is 0.364. The van der Waals surface area contributed by atoms with Crippen molar-refractivity contribution in [3.63, 3.8) is 0 Å². The molecule has 0 aliphatic carbocycles. The molecule has 4 nitrogen and oxygen atoms in total. The van der Waals surface area contributed by atoms with E-state index in [9.17, 15) is 18.4 Å². The third kappa shape index (κ3) is 3.77. The number of ketones is 1. The van der Waals surface area contributed by atoms with Crippen molar-refractivity contribution in [2.75, 3.05) is 19.7 Å². The van der Waals surface area contributed by atoms with Crippen LogP contribution in [0.3, 0.4) is 0 Å². The molecule has 4 rings (SSSR count). The Labute approximate surface area is 162 Å². The van der Waals surface area contributed by atoms with Gasteiger partial charge in [0.05, 0.1) is 0 Å². The van der Waals surface area contributed by atoms with Gasteiger partial charge in [-0.25, -0.2) is 8.78 Å². The van der Waals surface area contributed by atoms with Crippen molar-refractivity contribution >= 4 is 11.7 Å². The number of amides is 1. The van der Waals surface area contributed by atoms with Crippen molar-refractivity contribution in [1.29, 1.82) is 0 Å². The molecule has 146 valence electrons. The molecule has 0 atom stereocenters. The number of piperidine rings is 1. The summed E-state index contributed by atoms with van der Waals surface area (Å²) in [6, 6.07) is 9.48. The summed E-state index contributed by atoms with van der Waals surface area (Å²) in [5, 5.41) is 0. The molecule has 2 aliphatic rings. The Balaban J connectivity index is 1.38. The average molecular weight is 385 g/mol. The number of ether oxygens (including phenoxy) is 1. The van der Waals surface area contributed by atoms with Crippen LogP contribution in [0.15, 0.2) is 36.4 Å². The van der Waals surface area contributed by atoms with Gasteiger partial charge in [0.2, 0.25) is 0 Å². The van der Waals surface area contributed by atoms with Crippen molar-refractivity contribution in [2.24, 2.45) is 5.92 Å². The molecule has 0 radical (unpaired) electrons. The number of hydrogen-bond donors (Lipinski definition) is 0. The molecule has 0 saturated carbocycles. The van der Waals surface area contributed by atoms with E-state index in [0.29, 0.717) is 36.4 Å². The van der Waals surface area contributed by atoms with Crippen LogP contribution in [0.2, 0.25) is 0 Å². The summed E-state index contributed by atoms with van der Waals surface area (Å²) in [6.07, 6.45) is 2.25. The summed E-state index contributed by atoms with van der Waals surface area (Å²) in [4.78, 5) is 26.2. The highest BCUT2D eigenvalue weighted by atomic mass is 19.2. The number of rotatable bonds is 3. The van der Waals surface area contributed by atoms with E-state index >= 15 is 0 Å². The van der Waals surface area contributed by atoms with E-state index in [-0.39, 0.29) is 30.6 Å². The van der Waals surface area contributed by atoms with Gasteiger partial charge in [0.15, 0.2) is 17.4 Å². The van der Waals surface area contributed by atoms with E-state index < -0.39 is 11.6 Å². The second kappa shape index (κ2) is 7.70. The highest BCUT2D eigenvalue weighted by Gasteiger charge is 2.26. The van der Waals surface area contributed by atoms with Crippen LogP contribution >= 0.6 is 0 Å². The van der Waals surface area contributed by atoms with Crippen LogP contribution < -0.4 is 4.74 Å². The van der Waals surface area contributed by atoms with Crippen molar-refractivity contribution in [2.45, 2.75) is 25.7 Å². The van der Waals surface area contributed by atoms with Crippen LogP contribution in [0.25, 0.3) is 0 Å². The lowest BCUT2D eigenvalue weighted by Crippen LogP contribution is -2.39.